The Balaban J connectivity index is 0.980. The molecule has 17 nitrogen and oxygen atoms in total. The molecular formula is C50H59ClN8O9S. The molecule has 4 N–H and O–H groups in total. The molecule has 366 valence electrons. The highest BCUT2D eigenvalue weighted by Crippen LogP contribution is 2.43. The van der Waals surface area contributed by atoms with E-state index >= 15 is 0 Å². The Morgan fingerprint density at radius 2 is 1.80 bits per heavy atom. The minimum atomic E-state index is -4.66. The number of amides is 1. The van der Waals surface area contributed by atoms with E-state index in [0.29, 0.717) is 36.1 Å². The Morgan fingerprint density at radius 3 is 2.51 bits per heavy atom. The second-order valence-corrected chi connectivity index (χ2v) is 22.0. The predicted molar refractivity (Wildman–Crippen MR) is 266 cm³/mol. The van der Waals surface area contributed by atoms with Crippen LogP contribution in [0.25, 0.3) is 16.6 Å². The van der Waals surface area contributed by atoms with Crippen LogP contribution >= 0.6 is 11.6 Å². The van der Waals surface area contributed by atoms with Gasteiger partial charge in [-0.1, -0.05) is 63.9 Å². The zero-order valence-electron chi connectivity index (χ0n) is 39.5. The number of nitrogens with one attached hydrogen (secondary N) is 3. The van der Waals surface area contributed by atoms with Crippen molar-refractivity contribution < 1.29 is 37.5 Å². The van der Waals surface area contributed by atoms with Crippen LogP contribution < -0.4 is 19.7 Å². The van der Waals surface area contributed by atoms with Gasteiger partial charge in [-0.25, -0.2) is 18.1 Å². The molecule has 1 aliphatic carbocycles. The fourth-order valence-electron chi connectivity index (χ4n) is 9.59. The molecule has 0 radical (unpaired) electrons. The number of aliphatic carboxylic acids is 1. The molecule has 2 fully saturated rings. The first kappa shape index (κ1) is 49.4. The normalized spacial score (nSPS) is 18.8. The van der Waals surface area contributed by atoms with E-state index in [1.165, 1.54) is 41.1 Å². The van der Waals surface area contributed by atoms with Gasteiger partial charge >= 0.3 is 5.97 Å². The Kier molecular flexibility index (Phi) is 14.4. The third-order valence-corrected chi connectivity index (χ3v) is 14.7. The van der Waals surface area contributed by atoms with Gasteiger partial charge in [0.25, 0.3) is 21.6 Å². The summed E-state index contributed by atoms with van der Waals surface area (Å²) in [4.78, 5) is 51.2. The molecule has 69 heavy (non-hydrogen) atoms. The molecule has 1 amide bonds. The molecule has 2 unspecified atom stereocenters. The summed E-state index contributed by atoms with van der Waals surface area (Å²) in [5.41, 5.74) is 4.53. The number of ether oxygens (including phenoxy) is 2. The smallest absolute Gasteiger partial charge is 0.321 e. The van der Waals surface area contributed by atoms with Crippen molar-refractivity contribution in [1.82, 2.24) is 24.5 Å². The lowest BCUT2D eigenvalue weighted by Crippen LogP contribution is -2.56. The minimum absolute atomic E-state index is 0.0227. The number of pyridine rings is 1. The number of carbonyl (C=O) groups is 2. The Bertz CT molecular complexity index is 2870. The molecule has 8 rings (SSSR count). The standard InChI is InChI=1S/C50H59ClN8O9S/c1-49(2,3)45(48(61)62)58-22-23-67-38(31-58)29-53-42-13-11-39(26-43(42)59(63)64)69(65,66)55-47(60)40-12-10-36(25-44(40)68-37-24-33-15-17-52-46(33)54-28-37)57-20-18-56(19-21-57)30-34-14-16-50(4,5)27-41(34)32-6-8-35(51)9-7-32/h6-13,15,17,24-26,28,38,45,53H,14,16,18-23,27,29-31H2,1-5H3,(H,52,54)(H,55,60)(H,61,62). The van der Waals surface area contributed by atoms with Crippen molar-refractivity contribution in [3.63, 3.8) is 0 Å². The first-order valence-electron chi connectivity index (χ1n) is 23.1. The lowest BCUT2D eigenvalue weighted by atomic mass is 9.72. The molecular weight excluding hydrogens is 924 g/mol. The number of hydrogen-bond donors (Lipinski definition) is 4. The summed E-state index contributed by atoms with van der Waals surface area (Å²) < 4.78 is 42.0. The molecule has 3 aromatic carbocycles. The fraction of sp³-hybridized carbons (Fsp3) is 0.420. The third kappa shape index (κ3) is 11.7. The maximum atomic E-state index is 14.0. The van der Waals surface area contributed by atoms with E-state index < -0.39 is 55.0 Å². The summed E-state index contributed by atoms with van der Waals surface area (Å²) in [6.07, 6.45) is 5.89. The van der Waals surface area contributed by atoms with Crippen LogP contribution in [0.15, 0.2) is 95.7 Å². The number of rotatable bonds is 15. The number of carbonyl (C=O) groups excluding carboxylic acids is 1. The molecule has 5 aromatic rings. The van der Waals surface area contributed by atoms with Crippen molar-refractivity contribution in [2.24, 2.45) is 10.8 Å². The van der Waals surface area contributed by atoms with Gasteiger partial charge < -0.3 is 29.8 Å². The number of nitro benzene ring substituents is 1. The molecule has 2 saturated heterocycles. The van der Waals surface area contributed by atoms with Crippen LogP contribution in [0.4, 0.5) is 17.1 Å². The molecule has 0 saturated carbocycles. The SMILES string of the molecule is CC1(C)CCC(CN2CCN(c3ccc(C(=O)NS(=O)(=O)c4ccc(NCC5CN(C(C(=O)O)C(C)(C)C)CCO5)c([N+](=O)[O-])c4)c(Oc4cnc5[nH]ccc5c4)c3)CC2)=C(c2ccc(Cl)cc2)C1. The van der Waals surface area contributed by atoms with Crippen molar-refractivity contribution in [2.45, 2.75) is 70.9 Å². The zero-order valence-corrected chi connectivity index (χ0v) is 41.0. The first-order valence-corrected chi connectivity index (χ1v) is 25.0. The van der Waals surface area contributed by atoms with Crippen LogP contribution in [-0.2, 0) is 19.6 Å². The third-order valence-electron chi connectivity index (χ3n) is 13.2. The van der Waals surface area contributed by atoms with Crippen LogP contribution in [0.5, 0.6) is 11.5 Å². The number of piperazine rings is 1. The number of benzene rings is 3. The quantitative estimate of drug-likeness (QED) is 0.0573. The summed E-state index contributed by atoms with van der Waals surface area (Å²) >= 11 is 6.25. The average Bonchev–Trinajstić information content (AvgIpc) is 3.77. The Morgan fingerprint density at radius 1 is 1.04 bits per heavy atom. The number of hydrogen-bond acceptors (Lipinski definition) is 13. The van der Waals surface area contributed by atoms with Gasteiger partial charge in [-0.3, -0.25) is 29.5 Å². The zero-order chi connectivity index (χ0) is 49.3. The van der Waals surface area contributed by atoms with Gasteiger partial charge in [-0.15, -0.1) is 0 Å². The summed E-state index contributed by atoms with van der Waals surface area (Å²) in [6.45, 7) is 15.1. The highest BCUT2D eigenvalue weighted by Gasteiger charge is 2.39. The molecule has 0 spiro atoms. The van der Waals surface area contributed by atoms with Crippen LogP contribution in [0.3, 0.4) is 0 Å². The van der Waals surface area contributed by atoms with Crippen molar-refractivity contribution >= 4 is 67.2 Å². The summed E-state index contributed by atoms with van der Waals surface area (Å²) in [5.74, 6) is -1.54. The number of sulfonamides is 1. The number of carboxylic acid groups (broad SMARTS) is 1. The van der Waals surface area contributed by atoms with Crippen molar-refractivity contribution in [3.05, 3.63) is 117 Å². The topological polar surface area (TPSA) is 213 Å². The first-order chi connectivity index (χ1) is 32.7. The van der Waals surface area contributed by atoms with Crippen LogP contribution in [0.2, 0.25) is 5.02 Å². The number of H-pyrrole nitrogens is 1. The molecule has 4 heterocycles. The van der Waals surface area contributed by atoms with Gasteiger partial charge in [0.05, 0.1) is 34.3 Å². The molecule has 19 heteroatoms. The van der Waals surface area contributed by atoms with Gasteiger partial charge in [0, 0.05) is 86.8 Å². The van der Waals surface area contributed by atoms with E-state index in [4.69, 9.17) is 21.1 Å². The van der Waals surface area contributed by atoms with E-state index in [2.05, 4.69) is 55.8 Å². The van der Waals surface area contributed by atoms with E-state index in [1.54, 1.807) is 24.4 Å². The number of nitrogens with zero attached hydrogens (tertiary/aromatic N) is 5. The summed E-state index contributed by atoms with van der Waals surface area (Å²) in [5, 5.41) is 26.7. The monoisotopic (exact) mass is 982 g/mol. The largest absolute Gasteiger partial charge is 0.480 e. The summed E-state index contributed by atoms with van der Waals surface area (Å²) in [7, 11) is -4.66. The number of aromatic nitrogens is 2. The highest BCUT2D eigenvalue weighted by atomic mass is 35.5. The summed E-state index contributed by atoms with van der Waals surface area (Å²) in [6, 6.07) is 19.2. The van der Waals surface area contributed by atoms with Gasteiger partial charge in [-0.2, -0.15) is 0 Å². The maximum Gasteiger partial charge on any atom is 0.321 e. The molecule has 2 aliphatic heterocycles. The van der Waals surface area contributed by atoms with Gasteiger partial charge in [0.15, 0.2) is 0 Å². The average molecular weight is 984 g/mol. The number of allylic oxidation sites excluding steroid dienone is 1. The van der Waals surface area contributed by atoms with Gasteiger partial charge in [0.1, 0.15) is 28.9 Å². The maximum absolute atomic E-state index is 14.0. The minimum Gasteiger partial charge on any atom is -0.480 e. The van der Waals surface area contributed by atoms with E-state index in [9.17, 15) is 33.2 Å². The van der Waals surface area contributed by atoms with Crippen LogP contribution in [0, 0.1) is 20.9 Å². The Hall–Kier alpha value is -6.05. The van der Waals surface area contributed by atoms with Gasteiger partial charge in [0.2, 0.25) is 0 Å². The van der Waals surface area contributed by atoms with Crippen LogP contribution in [-0.4, -0.2) is 121 Å². The second-order valence-electron chi connectivity index (χ2n) is 19.9. The number of carboxylic acids is 1. The lowest BCUT2D eigenvalue weighted by molar-refractivity contribution is -0.384. The van der Waals surface area contributed by atoms with Crippen molar-refractivity contribution in [1.29, 1.82) is 0 Å². The van der Waals surface area contributed by atoms with E-state index in [-0.39, 0.29) is 42.1 Å². The fourth-order valence-corrected chi connectivity index (χ4v) is 10.7. The molecule has 3 aliphatic rings. The number of nitro groups is 1. The lowest BCUT2D eigenvalue weighted by Gasteiger charge is -2.41. The predicted octanol–water partition coefficient (Wildman–Crippen LogP) is 8.43. The second kappa shape index (κ2) is 20.1. The molecule has 2 aromatic heterocycles. The van der Waals surface area contributed by atoms with Crippen LogP contribution in [0.1, 0.15) is 69.8 Å². The molecule has 2 atom stereocenters. The number of morpholine rings is 1. The number of halogens is 1. The number of anilines is 2. The van der Waals surface area contributed by atoms with Crippen molar-refractivity contribution in [2.75, 3.05) is 69.2 Å². The highest BCUT2D eigenvalue weighted by molar-refractivity contribution is 7.90. The number of aromatic amines is 1. The van der Waals surface area contributed by atoms with Crippen molar-refractivity contribution in [3.8, 4) is 11.5 Å². The number of fused-ring (bicyclic) bond motifs is 1. The molecule has 0 bridgehead atoms. The van der Waals surface area contributed by atoms with E-state index in [0.717, 1.165) is 56.0 Å². The van der Waals surface area contributed by atoms with E-state index in [1.807, 2.05) is 43.9 Å². The van der Waals surface area contributed by atoms with Gasteiger partial charge in [-0.05, 0) is 89.8 Å². The Labute approximate surface area is 407 Å².